The van der Waals surface area contributed by atoms with Gasteiger partial charge in [-0.3, -0.25) is 0 Å². The van der Waals surface area contributed by atoms with E-state index in [9.17, 15) is 4.79 Å². The molecule has 1 atom stereocenters. The maximum absolute atomic E-state index is 12.3. The van der Waals surface area contributed by atoms with E-state index in [-0.39, 0.29) is 17.0 Å². The van der Waals surface area contributed by atoms with Gasteiger partial charge in [-0.05, 0) is 42.1 Å². The first-order valence-electron chi connectivity index (χ1n) is 10.1. The molecule has 6 nitrogen and oxygen atoms in total. The second-order valence-corrected chi connectivity index (χ2v) is 8.48. The molecule has 164 valence electrons. The van der Waals surface area contributed by atoms with E-state index in [1.165, 1.54) is 35.6 Å². The summed E-state index contributed by atoms with van der Waals surface area (Å²) in [5, 5.41) is 15.6. The number of fused-ring (bicyclic) bond motifs is 1. The van der Waals surface area contributed by atoms with Gasteiger partial charge in [0, 0.05) is 17.5 Å². The van der Waals surface area contributed by atoms with Crippen molar-refractivity contribution in [2.24, 2.45) is 0 Å². The Morgan fingerprint density at radius 1 is 1.16 bits per heavy atom. The lowest BCUT2D eigenvalue weighted by Gasteiger charge is -2.21. The first-order valence-corrected chi connectivity index (χ1v) is 11.7. The lowest BCUT2D eigenvalue weighted by atomic mass is 9.91. The predicted octanol–water partition coefficient (Wildman–Crippen LogP) is 5.13. The SMILES string of the molecule is CNCC1=Cc2ccccc2C1c1nnc(Cl)cc1Nc1cccc(C(=O)OC)c1SC. The quantitative estimate of drug-likeness (QED) is 0.369. The minimum atomic E-state index is -0.381. The number of esters is 1. The van der Waals surface area contributed by atoms with Crippen LogP contribution in [0.2, 0.25) is 5.15 Å². The zero-order chi connectivity index (χ0) is 22.7. The second-order valence-electron chi connectivity index (χ2n) is 7.28. The number of carbonyl (C=O) groups is 1. The molecular formula is C24H23ClN4O2S. The van der Waals surface area contributed by atoms with Crippen LogP contribution in [0.5, 0.6) is 0 Å². The molecule has 2 aromatic carbocycles. The summed E-state index contributed by atoms with van der Waals surface area (Å²) in [5.41, 5.74) is 6.33. The molecule has 0 amide bonds. The molecule has 8 heteroatoms. The largest absolute Gasteiger partial charge is 0.465 e. The van der Waals surface area contributed by atoms with Crippen molar-refractivity contribution >= 4 is 46.8 Å². The Bertz CT molecular complexity index is 1200. The van der Waals surface area contributed by atoms with Crippen LogP contribution < -0.4 is 10.6 Å². The molecule has 1 heterocycles. The van der Waals surface area contributed by atoms with E-state index in [0.717, 1.165) is 28.5 Å². The predicted molar refractivity (Wildman–Crippen MR) is 130 cm³/mol. The topological polar surface area (TPSA) is 76.1 Å². The van der Waals surface area contributed by atoms with E-state index >= 15 is 0 Å². The fourth-order valence-corrected chi connectivity index (χ4v) is 4.89. The van der Waals surface area contributed by atoms with Gasteiger partial charge in [-0.15, -0.1) is 16.9 Å². The molecule has 1 unspecified atom stereocenters. The molecule has 0 bridgehead atoms. The average Bonchev–Trinajstić information content (AvgIpc) is 3.16. The Balaban J connectivity index is 1.81. The van der Waals surface area contributed by atoms with Crippen molar-refractivity contribution in [3.63, 3.8) is 0 Å². The summed E-state index contributed by atoms with van der Waals surface area (Å²) < 4.78 is 4.95. The summed E-state index contributed by atoms with van der Waals surface area (Å²) in [4.78, 5) is 13.0. The van der Waals surface area contributed by atoms with E-state index in [0.29, 0.717) is 5.56 Å². The minimum absolute atomic E-state index is 0.0626. The number of hydrogen-bond donors (Lipinski definition) is 2. The molecule has 1 aliphatic carbocycles. The number of benzene rings is 2. The molecule has 2 N–H and O–H groups in total. The molecule has 32 heavy (non-hydrogen) atoms. The number of nitrogens with zero attached hydrogens (tertiary/aromatic N) is 2. The standard InChI is InChI=1S/C24H23ClN4O2S/c1-26-13-15-11-14-7-4-5-8-16(14)21(15)22-19(12-20(25)28-29-22)27-18-10-6-9-17(23(18)32-3)24(30)31-2/h4-12,21,26H,13H2,1-3H3,(H,27,28). The monoisotopic (exact) mass is 466 g/mol. The van der Waals surface area contributed by atoms with Crippen LogP contribution in [0.25, 0.3) is 6.08 Å². The van der Waals surface area contributed by atoms with E-state index in [1.807, 2.05) is 37.6 Å². The number of halogens is 1. The molecule has 0 saturated carbocycles. The van der Waals surface area contributed by atoms with E-state index < -0.39 is 0 Å². The molecule has 1 aromatic heterocycles. The zero-order valence-corrected chi connectivity index (χ0v) is 19.6. The fraction of sp³-hybridized carbons (Fsp3) is 0.208. The molecule has 0 spiro atoms. The van der Waals surface area contributed by atoms with Gasteiger partial charge in [-0.1, -0.05) is 48.0 Å². The van der Waals surface area contributed by atoms with E-state index in [1.54, 1.807) is 12.1 Å². The van der Waals surface area contributed by atoms with Gasteiger partial charge < -0.3 is 15.4 Å². The Morgan fingerprint density at radius 2 is 1.97 bits per heavy atom. The molecule has 0 aliphatic heterocycles. The van der Waals surface area contributed by atoms with Crippen molar-refractivity contribution in [2.45, 2.75) is 10.8 Å². The smallest absolute Gasteiger partial charge is 0.339 e. The maximum atomic E-state index is 12.3. The van der Waals surface area contributed by atoms with Gasteiger partial charge in [-0.2, -0.15) is 5.10 Å². The van der Waals surface area contributed by atoms with Crippen molar-refractivity contribution in [1.82, 2.24) is 15.5 Å². The van der Waals surface area contributed by atoms with Gasteiger partial charge in [-0.25, -0.2) is 4.79 Å². The van der Waals surface area contributed by atoms with Crippen LogP contribution in [0.1, 0.15) is 33.1 Å². The highest BCUT2D eigenvalue weighted by Crippen LogP contribution is 2.43. The lowest BCUT2D eigenvalue weighted by molar-refractivity contribution is 0.0597. The molecule has 3 aromatic rings. The molecule has 0 saturated heterocycles. The average molecular weight is 467 g/mol. The van der Waals surface area contributed by atoms with E-state index in [4.69, 9.17) is 16.3 Å². The minimum Gasteiger partial charge on any atom is -0.465 e. The first kappa shape index (κ1) is 22.3. The number of rotatable bonds is 7. The third-order valence-electron chi connectivity index (χ3n) is 5.36. The Kier molecular flexibility index (Phi) is 6.79. The van der Waals surface area contributed by atoms with Crippen LogP contribution in [0.4, 0.5) is 11.4 Å². The lowest BCUT2D eigenvalue weighted by Crippen LogP contribution is -2.17. The highest BCUT2D eigenvalue weighted by Gasteiger charge is 2.30. The van der Waals surface area contributed by atoms with Gasteiger partial charge in [0.05, 0.1) is 35.7 Å². The molecular weight excluding hydrogens is 444 g/mol. The normalized spacial score (nSPS) is 14.6. The molecule has 0 radical (unpaired) electrons. The van der Waals surface area contributed by atoms with Crippen LogP contribution in [0.15, 0.2) is 59.0 Å². The first-order chi connectivity index (χ1) is 15.6. The Labute approximate surface area is 196 Å². The number of likely N-dealkylation sites (N-methyl/N-ethyl adjacent to an activating group) is 1. The van der Waals surface area contributed by atoms with E-state index in [2.05, 4.69) is 39.0 Å². The number of carbonyl (C=O) groups excluding carboxylic acids is 1. The zero-order valence-electron chi connectivity index (χ0n) is 18.0. The number of thioether (sulfide) groups is 1. The van der Waals surface area contributed by atoms with Crippen LogP contribution in [0.3, 0.4) is 0 Å². The highest BCUT2D eigenvalue weighted by atomic mass is 35.5. The molecule has 0 fully saturated rings. The van der Waals surface area contributed by atoms with Gasteiger partial charge in [0.1, 0.15) is 0 Å². The highest BCUT2D eigenvalue weighted by molar-refractivity contribution is 7.98. The summed E-state index contributed by atoms with van der Waals surface area (Å²) in [5.74, 6) is -0.444. The Morgan fingerprint density at radius 3 is 2.72 bits per heavy atom. The van der Waals surface area contributed by atoms with Gasteiger partial charge in [0.25, 0.3) is 0 Å². The number of nitrogens with one attached hydrogen (secondary N) is 2. The maximum Gasteiger partial charge on any atom is 0.339 e. The van der Waals surface area contributed by atoms with Gasteiger partial charge in [0.2, 0.25) is 0 Å². The summed E-state index contributed by atoms with van der Waals surface area (Å²) in [6.45, 7) is 0.719. The van der Waals surface area contributed by atoms with Crippen molar-refractivity contribution in [3.8, 4) is 0 Å². The van der Waals surface area contributed by atoms with Crippen molar-refractivity contribution in [1.29, 1.82) is 0 Å². The number of aromatic nitrogens is 2. The van der Waals surface area contributed by atoms with Crippen LogP contribution in [-0.4, -0.2) is 43.1 Å². The number of anilines is 2. The number of ether oxygens (including phenoxy) is 1. The van der Waals surface area contributed by atoms with Crippen molar-refractivity contribution in [3.05, 3.63) is 81.6 Å². The molecule has 1 aliphatic rings. The summed E-state index contributed by atoms with van der Waals surface area (Å²) in [6.07, 6.45) is 4.12. The Hall–Kier alpha value is -2.87. The summed E-state index contributed by atoms with van der Waals surface area (Å²) in [7, 11) is 3.31. The van der Waals surface area contributed by atoms with Gasteiger partial charge in [0.15, 0.2) is 5.15 Å². The van der Waals surface area contributed by atoms with Gasteiger partial charge >= 0.3 is 5.97 Å². The molecule has 4 rings (SSSR count). The summed E-state index contributed by atoms with van der Waals surface area (Å²) >= 11 is 7.72. The second kappa shape index (κ2) is 9.73. The van der Waals surface area contributed by atoms with Crippen molar-refractivity contribution in [2.75, 3.05) is 32.3 Å². The number of methoxy groups -OCH3 is 1. The number of hydrogen-bond acceptors (Lipinski definition) is 7. The third-order valence-corrected chi connectivity index (χ3v) is 6.39. The van der Waals surface area contributed by atoms with Crippen LogP contribution >= 0.6 is 23.4 Å². The van der Waals surface area contributed by atoms with Crippen LogP contribution in [0, 0.1) is 0 Å². The van der Waals surface area contributed by atoms with Crippen LogP contribution in [-0.2, 0) is 4.74 Å². The fourth-order valence-electron chi connectivity index (χ4n) is 4.03. The summed E-state index contributed by atoms with van der Waals surface area (Å²) in [6, 6.07) is 15.6. The van der Waals surface area contributed by atoms with Crippen molar-refractivity contribution < 1.29 is 9.53 Å². The third kappa shape index (κ3) is 4.24.